The zero-order valence-electron chi connectivity index (χ0n) is 10.2. The minimum atomic E-state index is -0.187. The van der Waals surface area contributed by atoms with Crippen molar-refractivity contribution < 1.29 is 14.3 Å². The molecule has 6 heteroatoms. The molecule has 1 aromatic heterocycles. The molecule has 1 aromatic rings. The lowest BCUT2D eigenvalue weighted by Crippen LogP contribution is -2.40. The van der Waals surface area contributed by atoms with Crippen LogP contribution in [-0.2, 0) is 9.53 Å². The highest BCUT2D eigenvalue weighted by Crippen LogP contribution is 2.11. The Hall–Kier alpha value is -1.95. The van der Waals surface area contributed by atoms with Crippen LogP contribution in [0.4, 0.5) is 5.69 Å². The van der Waals surface area contributed by atoms with Crippen molar-refractivity contribution in [3.8, 4) is 0 Å². The molecule has 0 radical (unpaired) electrons. The highest BCUT2D eigenvalue weighted by molar-refractivity contribution is 5.96. The van der Waals surface area contributed by atoms with Crippen LogP contribution in [0.15, 0.2) is 18.5 Å². The third kappa shape index (κ3) is 3.04. The molecule has 0 saturated carbocycles. The van der Waals surface area contributed by atoms with Gasteiger partial charge in [0.2, 0.25) is 5.91 Å². The summed E-state index contributed by atoms with van der Waals surface area (Å²) < 4.78 is 5.20. The van der Waals surface area contributed by atoms with Gasteiger partial charge in [-0.05, 0) is 6.07 Å². The highest BCUT2D eigenvalue weighted by atomic mass is 16.5. The van der Waals surface area contributed by atoms with E-state index in [1.54, 1.807) is 11.0 Å². The van der Waals surface area contributed by atoms with Crippen molar-refractivity contribution in [2.75, 3.05) is 31.6 Å². The summed E-state index contributed by atoms with van der Waals surface area (Å²) in [5.74, 6) is -0.272. The van der Waals surface area contributed by atoms with E-state index in [-0.39, 0.29) is 11.8 Å². The van der Waals surface area contributed by atoms with E-state index in [2.05, 4.69) is 10.3 Å². The van der Waals surface area contributed by atoms with E-state index in [1.165, 1.54) is 19.3 Å². The third-order valence-corrected chi connectivity index (χ3v) is 2.60. The van der Waals surface area contributed by atoms with Gasteiger partial charge in [-0.1, -0.05) is 0 Å². The maximum absolute atomic E-state index is 12.2. The Morgan fingerprint density at radius 2 is 2.06 bits per heavy atom. The van der Waals surface area contributed by atoms with Gasteiger partial charge in [0, 0.05) is 26.2 Å². The molecule has 1 fully saturated rings. The van der Waals surface area contributed by atoms with Crippen molar-refractivity contribution in [3.05, 3.63) is 24.0 Å². The minimum absolute atomic E-state index is 0.0852. The molecule has 96 valence electrons. The molecular formula is C12H15N3O3. The lowest BCUT2D eigenvalue weighted by atomic mass is 10.2. The zero-order valence-corrected chi connectivity index (χ0v) is 10.2. The van der Waals surface area contributed by atoms with Crippen LogP contribution in [0.2, 0.25) is 0 Å². The van der Waals surface area contributed by atoms with E-state index in [4.69, 9.17) is 4.74 Å². The second kappa shape index (κ2) is 5.59. The van der Waals surface area contributed by atoms with Gasteiger partial charge in [0.15, 0.2) is 0 Å². The van der Waals surface area contributed by atoms with Crippen LogP contribution in [0.25, 0.3) is 0 Å². The van der Waals surface area contributed by atoms with Gasteiger partial charge in [-0.25, -0.2) is 0 Å². The normalized spacial score (nSPS) is 15.3. The summed E-state index contributed by atoms with van der Waals surface area (Å²) in [6.45, 7) is 3.71. The van der Waals surface area contributed by atoms with Gasteiger partial charge in [-0.3, -0.25) is 14.6 Å². The number of anilines is 1. The Bertz CT molecular complexity index is 456. The molecule has 1 aliphatic rings. The van der Waals surface area contributed by atoms with Crippen molar-refractivity contribution in [2.24, 2.45) is 0 Å². The summed E-state index contributed by atoms with van der Waals surface area (Å²) in [7, 11) is 0. The number of hydrogen-bond acceptors (Lipinski definition) is 4. The number of nitrogens with one attached hydrogen (secondary N) is 1. The van der Waals surface area contributed by atoms with E-state index in [0.717, 1.165) is 0 Å². The monoisotopic (exact) mass is 249 g/mol. The maximum atomic E-state index is 12.2. The molecule has 0 aromatic carbocycles. The molecule has 2 rings (SSSR count). The van der Waals surface area contributed by atoms with Crippen LogP contribution in [0.1, 0.15) is 17.3 Å². The van der Waals surface area contributed by atoms with Gasteiger partial charge in [0.1, 0.15) is 0 Å². The number of rotatable bonds is 2. The summed E-state index contributed by atoms with van der Waals surface area (Å²) in [6, 6.07) is 1.63. The molecule has 0 bridgehead atoms. The van der Waals surface area contributed by atoms with Crippen LogP contribution < -0.4 is 5.32 Å². The standard InChI is InChI=1S/C12H15N3O3/c1-9(16)14-11-6-10(7-13-8-11)12(17)15-2-4-18-5-3-15/h6-8H,2-5H2,1H3,(H,14,16). The van der Waals surface area contributed by atoms with Gasteiger partial charge in [-0.15, -0.1) is 0 Å². The molecule has 2 amide bonds. The first-order valence-corrected chi connectivity index (χ1v) is 5.76. The fourth-order valence-electron chi connectivity index (χ4n) is 1.78. The number of aromatic nitrogens is 1. The average Bonchev–Trinajstić information content (AvgIpc) is 2.38. The van der Waals surface area contributed by atoms with Crippen LogP contribution >= 0.6 is 0 Å². The minimum Gasteiger partial charge on any atom is -0.378 e. The highest BCUT2D eigenvalue weighted by Gasteiger charge is 2.18. The van der Waals surface area contributed by atoms with Crippen molar-refractivity contribution in [1.82, 2.24) is 9.88 Å². The lowest BCUT2D eigenvalue weighted by Gasteiger charge is -2.26. The lowest BCUT2D eigenvalue weighted by molar-refractivity contribution is -0.114. The van der Waals surface area contributed by atoms with Crippen LogP contribution in [-0.4, -0.2) is 48.0 Å². The summed E-state index contributed by atoms with van der Waals surface area (Å²) in [4.78, 5) is 28.8. The first-order chi connectivity index (χ1) is 8.66. The Kier molecular flexibility index (Phi) is 3.88. The van der Waals surface area contributed by atoms with Gasteiger partial charge in [-0.2, -0.15) is 0 Å². The molecule has 6 nitrogen and oxygen atoms in total. The number of pyridine rings is 1. The summed E-state index contributed by atoms with van der Waals surface area (Å²) in [6.07, 6.45) is 3.01. The molecule has 0 unspecified atom stereocenters. The molecule has 0 atom stereocenters. The number of hydrogen-bond donors (Lipinski definition) is 1. The SMILES string of the molecule is CC(=O)Nc1cncc(C(=O)N2CCOCC2)c1. The van der Waals surface area contributed by atoms with E-state index >= 15 is 0 Å². The van der Waals surface area contributed by atoms with E-state index < -0.39 is 0 Å². The Morgan fingerprint density at radius 3 is 2.72 bits per heavy atom. The van der Waals surface area contributed by atoms with E-state index in [9.17, 15) is 9.59 Å². The predicted molar refractivity (Wildman–Crippen MR) is 65.3 cm³/mol. The Morgan fingerprint density at radius 1 is 1.33 bits per heavy atom. The zero-order chi connectivity index (χ0) is 13.0. The molecule has 1 N–H and O–H groups in total. The van der Waals surface area contributed by atoms with Gasteiger partial charge in [0.25, 0.3) is 5.91 Å². The van der Waals surface area contributed by atoms with Gasteiger partial charge >= 0.3 is 0 Å². The van der Waals surface area contributed by atoms with E-state index in [0.29, 0.717) is 37.6 Å². The average molecular weight is 249 g/mol. The topological polar surface area (TPSA) is 71.5 Å². The largest absolute Gasteiger partial charge is 0.378 e. The number of ether oxygens (including phenoxy) is 1. The smallest absolute Gasteiger partial charge is 0.255 e. The molecule has 1 aliphatic heterocycles. The van der Waals surface area contributed by atoms with Crippen molar-refractivity contribution >= 4 is 17.5 Å². The molecule has 1 saturated heterocycles. The van der Waals surface area contributed by atoms with Crippen LogP contribution in [0.5, 0.6) is 0 Å². The maximum Gasteiger partial charge on any atom is 0.255 e. The third-order valence-electron chi connectivity index (χ3n) is 2.60. The number of morpholine rings is 1. The van der Waals surface area contributed by atoms with Crippen molar-refractivity contribution in [3.63, 3.8) is 0 Å². The quantitative estimate of drug-likeness (QED) is 0.829. The Balaban J connectivity index is 2.11. The number of amides is 2. The predicted octanol–water partition coefficient (Wildman–Crippen LogP) is 0.512. The summed E-state index contributed by atoms with van der Waals surface area (Å²) >= 11 is 0. The first kappa shape index (κ1) is 12.5. The van der Waals surface area contributed by atoms with Gasteiger partial charge < -0.3 is 15.0 Å². The van der Waals surface area contributed by atoms with Crippen molar-refractivity contribution in [2.45, 2.75) is 6.92 Å². The Labute approximate surface area is 105 Å². The summed E-state index contributed by atoms with van der Waals surface area (Å²) in [5, 5.41) is 2.61. The summed E-state index contributed by atoms with van der Waals surface area (Å²) in [5.41, 5.74) is 1.00. The first-order valence-electron chi connectivity index (χ1n) is 5.76. The fraction of sp³-hybridized carbons (Fsp3) is 0.417. The molecule has 0 aliphatic carbocycles. The second-order valence-electron chi connectivity index (χ2n) is 4.05. The van der Waals surface area contributed by atoms with Crippen LogP contribution in [0, 0.1) is 0 Å². The van der Waals surface area contributed by atoms with E-state index in [1.807, 2.05) is 0 Å². The number of carbonyl (C=O) groups excluding carboxylic acids is 2. The van der Waals surface area contributed by atoms with Crippen LogP contribution in [0.3, 0.4) is 0 Å². The molecular weight excluding hydrogens is 234 g/mol. The van der Waals surface area contributed by atoms with Gasteiger partial charge in [0.05, 0.1) is 30.7 Å². The molecule has 2 heterocycles. The second-order valence-corrected chi connectivity index (χ2v) is 4.05. The van der Waals surface area contributed by atoms with Crippen molar-refractivity contribution in [1.29, 1.82) is 0 Å². The molecule has 18 heavy (non-hydrogen) atoms. The fourth-order valence-corrected chi connectivity index (χ4v) is 1.78. The number of carbonyl (C=O) groups is 2. The number of nitrogens with zero attached hydrogens (tertiary/aromatic N) is 2. The molecule has 0 spiro atoms.